The Hall–Kier alpha value is -2.50. The van der Waals surface area contributed by atoms with Crippen LogP contribution in [0.5, 0.6) is 11.5 Å². The number of hydrogen-bond donors (Lipinski definition) is 0. The lowest BCUT2D eigenvalue weighted by Crippen LogP contribution is -2.03. The van der Waals surface area contributed by atoms with Crippen molar-refractivity contribution in [2.75, 3.05) is 27.9 Å². The quantitative estimate of drug-likeness (QED) is 0.395. The molecule has 6 heteroatoms. The Bertz CT molecular complexity index is 550. The maximum absolute atomic E-state index is 11.1. The van der Waals surface area contributed by atoms with Crippen LogP contribution in [-0.4, -0.2) is 39.9 Å². The van der Waals surface area contributed by atoms with Crippen LogP contribution in [-0.2, 0) is 19.1 Å². The lowest BCUT2D eigenvalue weighted by atomic mass is 10.2. The molecule has 0 spiro atoms. The predicted octanol–water partition coefficient (Wildman–Crippen LogP) is 2.60. The molecule has 126 valence electrons. The molecule has 0 saturated heterocycles. The summed E-state index contributed by atoms with van der Waals surface area (Å²) >= 11 is 0. The molecule has 0 unspecified atom stereocenters. The first-order chi connectivity index (χ1) is 11.1. The number of hydrogen-bond acceptors (Lipinski definition) is 6. The van der Waals surface area contributed by atoms with Crippen LogP contribution >= 0.6 is 0 Å². The first-order valence-electron chi connectivity index (χ1n) is 7.24. The first kappa shape index (κ1) is 18.5. The van der Waals surface area contributed by atoms with Crippen molar-refractivity contribution >= 4 is 18.0 Å². The Labute approximate surface area is 136 Å². The molecule has 1 aromatic carbocycles. The summed E-state index contributed by atoms with van der Waals surface area (Å²) in [6, 6.07) is 5.35. The van der Waals surface area contributed by atoms with Gasteiger partial charge in [-0.1, -0.05) is 6.07 Å². The van der Waals surface area contributed by atoms with E-state index in [1.54, 1.807) is 25.3 Å². The van der Waals surface area contributed by atoms with Gasteiger partial charge in [-0.2, -0.15) is 0 Å². The number of ether oxygens (including phenoxy) is 4. The highest BCUT2D eigenvalue weighted by atomic mass is 16.5. The molecule has 0 amide bonds. The molecule has 23 heavy (non-hydrogen) atoms. The van der Waals surface area contributed by atoms with Crippen molar-refractivity contribution in [3.63, 3.8) is 0 Å². The Morgan fingerprint density at radius 2 is 1.83 bits per heavy atom. The Morgan fingerprint density at radius 3 is 2.48 bits per heavy atom. The summed E-state index contributed by atoms with van der Waals surface area (Å²) in [7, 11) is 4.25. The highest BCUT2D eigenvalue weighted by Gasteiger charge is 2.06. The van der Waals surface area contributed by atoms with Crippen molar-refractivity contribution in [1.82, 2.24) is 0 Å². The molecular weight excluding hydrogens is 300 g/mol. The molecule has 0 aliphatic rings. The van der Waals surface area contributed by atoms with Gasteiger partial charge in [0.2, 0.25) is 0 Å². The van der Waals surface area contributed by atoms with Crippen molar-refractivity contribution < 1.29 is 28.5 Å². The second kappa shape index (κ2) is 10.3. The maximum Gasteiger partial charge on any atom is 0.330 e. The van der Waals surface area contributed by atoms with Crippen molar-refractivity contribution in [1.29, 1.82) is 0 Å². The topological polar surface area (TPSA) is 71.1 Å². The van der Waals surface area contributed by atoms with Crippen molar-refractivity contribution in [3.8, 4) is 11.5 Å². The zero-order valence-corrected chi connectivity index (χ0v) is 13.7. The van der Waals surface area contributed by atoms with Crippen LogP contribution in [0.2, 0.25) is 0 Å². The van der Waals surface area contributed by atoms with E-state index in [9.17, 15) is 9.59 Å². The highest BCUT2D eigenvalue weighted by Crippen LogP contribution is 2.28. The third-order valence-corrected chi connectivity index (χ3v) is 3.06. The van der Waals surface area contributed by atoms with E-state index in [-0.39, 0.29) is 5.97 Å². The summed E-state index contributed by atoms with van der Waals surface area (Å²) < 4.78 is 20.1. The maximum atomic E-state index is 11.1. The third kappa shape index (κ3) is 6.86. The minimum atomic E-state index is -0.425. The van der Waals surface area contributed by atoms with Gasteiger partial charge in [0.15, 0.2) is 11.5 Å². The molecule has 1 rings (SSSR count). The minimum Gasteiger partial charge on any atom is -0.493 e. The van der Waals surface area contributed by atoms with E-state index in [2.05, 4.69) is 9.47 Å². The number of rotatable bonds is 9. The van der Waals surface area contributed by atoms with Gasteiger partial charge in [-0.05, 0) is 36.6 Å². The number of methoxy groups -OCH3 is 3. The van der Waals surface area contributed by atoms with Crippen LogP contribution in [0.3, 0.4) is 0 Å². The summed E-state index contributed by atoms with van der Waals surface area (Å²) in [6.45, 7) is 0.456. The third-order valence-electron chi connectivity index (χ3n) is 3.06. The molecule has 6 nitrogen and oxygen atoms in total. The Balaban J connectivity index is 2.59. The van der Waals surface area contributed by atoms with E-state index < -0.39 is 5.97 Å². The van der Waals surface area contributed by atoms with Crippen molar-refractivity contribution in [2.45, 2.75) is 19.3 Å². The lowest BCUT2D eigenvalue weighted by molar-refractivity contribution is -0.140. The molecule has 0 saturated carbocycles. The fourth-order valence-electron chi connectivity index (χ4n) is 1.80. The molecular formula is C17H22O6. The predicted molar refractivity (Wildman–Crippen MR) is 85.4 cm³/mol. The number of benzene rings is 1. The second-order valence-corrected chi connectivity index (χ2v) is 4.65. The number of carbonyl (C=O) groups excluding carboxylic acids is 2. The van der Waals surface area contributed by atoms with Crippen LogP contribution in [0.25, 0.3) is 6.08 Å². The first-order valence-corrected chi connectivity index (χ1v) is 7.24. The van der Waals surface area contributed by atoms with Gasteiger partial charge in [0.05, 0.1) is 27.9 Å². The Morgan fingerprint density at radius 1 is 1.04 bits per heavy atom. The van der Waals surface area contributed by atoms with Gasteiger partial charge in [-0.25, -0.2) is 4.79 Å². The largest absolute Gasteiger partial charge is 0.493 e. The molecule has 0 bridgehead atoms. The van der Waals surface area contributed by atoms with Gasteiger partial charge in [-0.3, -0.25) is 4.79 Å². The van der Waals surface area contributed by atoms with Crippen LogP contribution in [0, 0.1) is 0 Å². The molecule has 1 aromatic rings. The average molecular weight is 322 g/mol. The SMILES string of the molecule is COC(=O)/C=C/c1ccc(OC)c(OCCCCC(=O)OC)c1. The summed E-state index contributed by atoms with van der Waals surface area (Å²) in [6.07, 6.45) is 4.76. The van der Waals surface area contributed by atoms with Gasteiger partial charge < -0.3 is 18.9 Å². The molecule has 0 aliphatic carbocycles. The van der Waals surface area contributed by atoms with Crippen LogP contribution in [0.15, 0.2) is 24.3 Å². The van der Waals surface area contributed by atoms with E-state index in [0.717, 1.165) is 12.0 Å². The summed E-state index contributed by atoms with van der Waals surface area (Å²) in [5, 5.41) is 0. The molecule has 0 atom stereocenters. The van der Waals surface area contributed by atoms with Gasteiger partial charge in [-0.15, -0.1) is 0 Å². The second-order valence-electron chi connectivity index (χ2n) is 4.65. The normalized spacial score (nSPS) is 10.4. The Kier molecular flexibility index (Phi) is 8.28. The zero-order valence-electron chi connectivity index (χ0n) is 13.7. The average Bonchev–Trinajstić information content (AvgIpc) is 2.59. The van der Waals surface area contributed by atoms with Crippen LogP contribution in [0.1, 0.15) is 24.8 Å². The summed E-state index contributed by atoms with van der Waals surface area (Å²) in [5.41, 5.74) is 0.792. The van der Waals surface area contributed by atoms with E-state index in [1.807, 2.05) is 6.07 Å². The lowest BCUT2D eigenvalue weighted by Gasteiger charge is -2.11. The van der Waals surface area contributed by atoms with Gasteiger partial charge >= 0.3 is 11.9 Å². The zero-order chi connectivity index (χ0) is 17.1. The minimum absolute atomic E-state index is 0.225. The van der Waals surface area contributed by atoms with Crippen molar-refractivity contribution in [2.24, 2.45) is 0 Å². The summed E-state index contributed by atoms with van der Waals surface area (Å²) in [4.78, 5) is 22.1. The monoisotopic (exact) mass is 322 g/mol. The van der Waals surface area contributed by atoms with E-state index in [4.69, 9.17) is 9.47 Å². The van der Waals surface area contributed by atoms with Gasteiger partial charge in [0, 0.05) is 12.5 Å². The van der Waals surface area contributed by atoms with Gasteiger partial charge in [0.1, 0.15) is 0 Å². The standard InChI is InChI=1S/C17H22O6/c1-20-14-9-7-13(8-10-17(19)22-3)12-15(14)23-11-5-4-6-16(18)21-2/h7-10,12H,4-6,11H2,1-3H3/b10-8+. The molecule has 0 radical (unpaired) electrons. The van der Waals surface area contributed by atoms with E-state index >= 15 is 0 Å². The molecule has 0 heterocycles. The fraction of sp³-hybridized carbons (Fsp3) is 0.412. The number of carbonyl (C=O) groups is 2. The smallest absolute Gasteiger partial charge is 0.330 e. The molecule has 0 aromatic heterocycles. The molecule has 0 N–H and O–H groups in total. The highest BCUT2D eigenvalue weighted by molar-refractivity contribution is 5.87. The van der Waals surface area contributed by atoms with E-state index in [1.165, 1.54) is 20.3 Å². The number of esters is 2. The fourth-order valence-corrected chi connectivity index (χ4v) is 1.80. The summed E-state index contributed by atoms with van der Waals surface area (Å²) in [5.74, 6) is 0.536. The van der Waals surface area contributed by atoms with Gasteiger partial charge in [0.25, 0.3) is 0 Å². The van der Waals surface area contributed by atoms with E-state index in [0.29, 0.717) is 30.9 Å². The molecule has 0 fully saturated rings. The van der Waals surface area contributed by atoms with Crippen LogP contribution in [0.4, 0.5) is 0 Å². The number of unbranched alkanes of at least 4 members (excludes halogenated alkanes) is 1. The van der Waals surface area contributed by atoms with Crippen molar-refractivity contribution in [3.05, 3.63) is 29.8 Å². The van der Waals surface area contributed by atoms with Crippen LogP contribution < -0.4 is 9.47 Å². The molecule has 0 aliphatic heterocycles.